The van der Waals surface area contributed by atoms with Gasteiger partial charge in [0.05, 0.1) is 7.92 Å². The molecule has 0 radical (unpaired) electrons. The number of amides is 2. The summed E-state index contributed by atoms with van der Waals surface area (Å²) in [5.74, 6) is 0. The van der Waals surface area contributed by atoms with E-state index in [0.717, 1.165) is 36.7 Å². The zero-order valence-corrected chi connectivity index (χ0v) is 28.0. The number of hydrogen-bond donors (Lipinski definition) is 0. The molecule has 2 aliphatic rings. The Bertz CT molecular complexity index is 990. The molecule has 0 spiro atoms. The van der Waals surface area contributed by atoms with Crippen molar-refractivity contribution >= 4 is 68.9 Å². The molecule has 2 heterocycles. The summed E-state index contributed by atoms with van der Waals surface area (Å²) in [7, 11) is 0.0127. The molecule has 0 saturated carbocycles. The van der Waals surface area contributed by atoms with E-state index in [1.54, 1.807) is 4.90 Å². The van der Waals surface area contributed by atoms with Gasteiger partial charge in [-0.1, -0.05) is 54.6 Å². The number of benzene rings is 3. The topological polar surface area (TPSA) is 26.8 Å². The SMILES string of the molecule is CC(C)N1C=CN(C(=O)N2CCCC2)[CH-]1.[I][Pd][I].c1ccc([PH+](c2ccccc2)c2ccccc2)cc1. The van der Waals surface area contributed by atoms with Crippen molar-refractivity contribution in [3.05, 3.63) is 110 Å². The van der Waals surface area contributed by atoms with Crippen LogP contribution in [0.2, 0.25) is 0 Å². The van der Waals surface area contributed by atoms with E-state index in [2.05, 4.69) is 144 Å². The molecule has 3 aromatic rings. The van der Waals surface area contributed by atoms with Crippen molar-refractivity contribution in [1.29, 1.82) is 0 Å². The Kier molecular flexibility index (Phi) is 13.9. The summed E-state index contributed by atoms with van der Waals surface area (Å²) in [5.41, 5.74) is 0. The molecule has 4 nitrogen and oxygen atoms in total. The maximum atomic E-state index is 12.0. The molecule has 3 aromatic carbocycles. The van der Waals surface area contributed by atoms with E-state index in [1.165, 1.54) is 15.9 Å². The summed E-state index contributed by atoms with van der Waals surface area (Å²) in [4.78, 5) is 17.6. The van der Waals surface area contributed by atoms with Crippen molar-refractivity contribution in [3.63, 3.8) is 0 Å². The van der Waals surface area contributed by atoms with Gasteiger partial charge in [0.25, 0.3) is 6.03 Å². The molecule has 0 aliphatic carbocycles. The van der Waals surface area contributed by atoms with Crippen LogP contribution in [0.1, 0.15) is 26.7 Å². The van der Waals surface area contributed by atoms with Gasteiger partial charge in [0.2, 0.25) is 0 Å². The Balaban J connectivity index is 0.000000190. The summed E-state index contributed by atoms with van der Waals surface area (Å²) in [5, 5.41) is 4.31. The molecule has 0 bridgehead atoms. The number of likely N-dealkylation sites (tertiary alicyclic amines) is 1. The van der Waals surface area contributed by atoms with E-state index in [4.69, 9.17) is 0 Å². The number of rotatable bonds is 4. The van der Waals surface area contributed by atoms with Gasteiger partial charge in [-0.25, -0.2) is 0 Å². The molecule has 37 heavy (non-hydrogen) atoms. The van der Waals surface area contributed by atoms with Gasteiger partial charge in [-0.2, -0.15) is 0 Å². The second-order valence-corrected chi connectivity index (χ2v) is 23.3. The van der Waals surface area contributed by atoms with E-state index in [-0.39, 0.29) is 6.03 Å². The number of halogens is 2. The predicted octanol–water partition coefficient (Wildman–Crippen LogP) is 6.76. The molecule has 1 fully saturated rings. The quantitative estimate of drug-likeness (QED) is 0.126. The second-order valence-electron chi connectivity index (χ2n) is 8.86. The maximum absolute atomic E-state index is 12.0. The largest absolute Gasteiger partial charge is 0.102 e. The number of carbonyl (C=O) groups excluding carboxylic acids is 1. The van der Waals surface area contributed by atoms with Crippen molar-refractivity contribution in [1.82, 2.24) is 14.7 Å². The molecule has 200 valence electrons. The van der Waals surface area contributed by atoms with Gasteiger partial charge in [0.15, 0.2) is 0 Å². The Hall–Kier alpha value is -0.978. The number of urea groups is 1. The van der Waals surface area contributed by atoms with E-state index < -0.39 is 7.92 Å². The van der Waals surface area contributed by atoms with E-state index in [0.29, 0.717) is 6.04 Å². The average molecular weight is 832 g/mol. The molecule has 0 unspecified atom stereocenters. The van der Waals surface area contributed by atoms with Crippen molar-refractivity contribution in [2.75, 3.05) is 13.1 Å². The minimum absolute atomic E-state index is 0.104. The Morgan fingerprint density at radius 2 is 1.19 bits per heavy atom. The zero-order valence-electron chi connectivity index (χ0n) is 21.1. The molecule has 5 rings (SSSR count). The van der Waals surface area contributed by atoms with Crippen molar-refractivity contribution in [2.45, 2.75) is 32.7 Å². The van der Waals surface area contributed by atoms with Crippen molar-refractivity contribution < 1.29 is 15.5 Å². The average Bonchev–Trinajstić information content (AvgIpc) is 3.65. The smallest absolute Gasteiger partial charge is 0.0620 e. The number of carbonyl (C=O) groups is 1. The molecule has 8 heteroatoms. The van der Waals surface area contributed by atoms with Crippen LogP contribution >= 0.6 is 47.0 Å². The minimum Gasteiger partial charge on any atom is -0.0620 e. The summed E-state index contributed by atoms with van der Waals surface area (Å²) < 4.78 is 0. The van der Waals surface area contributed by atoms with Crippen LogP contribution in [0.3, 0.4) is 0 Å². The third-order valence-electron chi connectivity index (χ3n) is 6.04. The monoisotopic (exact) mass is 831 g/mol. The molecular formula is C29H34I2N3OPPd. The molecular weight excluding hydrogens is 798 g/mol. The van der Waals surface area contributed by atoms with Gasteiger partial charge in [-0.3, -0.25) is 4.79 Å². The Labute approximate surface area is 252 Å². The van der Waals surface area contributed by atoms with Gasteiger partial charge in [0.1, 0.15) is 15.9 Å². The van der Waals surface area contributed by atoms with Gasteiger partial charge < -0.3 is 14.7 Å². The molecule has 0 atom stereocenters. The number of hydrogen-bond acceptors (Lipinski definition) is 2. The van der Waals surface area contributed by atoms with Crippen LogP contribution in [-0.4, -0.2) is 39.9 Å². The summed E-state index contributed by atoms with van der Waals surface area (Å²) in [6.07, 6.45) is 6.05. The fourth-order valence-electron chi connectivity index (χ4n) is 4.17. The van der Waals surface area contributed by atoms with Crippen LogP contribution in [0, 0.1) is 6.67 Å². The third kappa shape index (κ3) is 9.62. The summed E-state index contributed by atoms with van der Waals surface area (Å²) in [6.45, 7) is 7.87. The zero-order chi connectivity index (χ0) is 26.5. The first-order valence-electron chi connectivity index (χ1n) is 12.3. The summed E-state index contributed by atoms with van der Waals surface area (Å²) >= 11 is 4.65. The first kappa shape index (κ1) is 30.6. The fourth-order valence-corrected chi connectivity index (χ4v) is 6.75. The van der Waals surface area contributed by atoms with Crippen LogP contribution < -0.4 is 15.9 Å². The minimum atomic E-state index is -0.877. The maximum Gasteiger partial charge on any atom is 0.102 e. The van der Waals surface area contributed by atoms with Gasteiger partial charge in [-0.15, -0.1) is 6.67 Å². The Morgan fingerprint density at radius 3 is 1.54 bits per heavy atom. The third-order valence-corrected chi connectivity index (χ3v) is 8.77. The first-order chi connectivity index (χ1) is 18.0. The van der Waals surface area contributed by atoms with Gasteiger partial charge >= 0.3 is 49.8 Å². The molecule has 0 aromatic heterocycles. The molecule has 2 aliphatic heterocycles. The van der Waals surface area contributed by atoms with E-state index >= 15 is 0 Å². The standard InChI is InChI=1S/C18H15P.C11H18N3O.2HI.Pd/c1-4-10-16(11-5-1)19(17-12-6-2-7-13-17)18-14-8-3-9-15-18;1-10(2)13-7-8-14(9-13)11(15)12-5-3-4-6-12;;;/h1-15H;7-10H,3-6H2,1-2H3;2*1H;/q;-1;;;+2/p-1. The van der Waals surface area contributed by atoms with E-state index in [9.17, 15) is 4.79 Å². The molecule has 2 amide bonds. The van der Waals surface area contributed by atoms with Crippen LogP contribution in [-0.2, 0) is 10.8 Å². The normalized spacial score (nSPS) is 14.5. The van der Waals surface area contributed by atoms with Crippen LogP contribution in [0.25, 0.3) is 0 Å². The number of nitrogens with zero attached hydrogens (tertiary/aromatic N) is 3. The van der Waals surface area contributed by atoms with Gasteiger partial charge in [0, 0.05) is 13.1 Å². The van der Waals surface area contributed by atoms with Crippen molar-refractivity contribution in [2.24, 2.45) is 0 Å². The molecule has 1 saturated heterocycles. The Morgan fingerprint density at radius 1 is 0.784 bits per heavy atom. The fraction of sp³-hybridized carbons (Fsp3) is 0.241. The molecule has 0 N–H and O–H groups in total. The summed E-state index contributed by atoms with van der Waals surface area (Å²) in [6, 6.07) is 33.0. The predicted molar refractivity (Wildman–Crippen MR) is 173 cm³/mol. The van der Waals surface area contributed by atoms with E-state index in [1.807, 2.05) is 28.9 Å². The van der Waals surface area contributed by atoms with Crippen LogP contribution in [0.15, 0.2) is 103 Å². The van der Waals surface area contributed by atoms with Crippen molar-refractivity contribution in [3.8, 4) is 0 Å². The van der Waals surface area contributed by atoms with Gasteiger partial charge in [-0.05, 0) is 81.5 Å². The van der Waals surface area contributed by atoms with Crippen LogP contribution in [0.5, 0.6) is 0 Å². The first-order valence-corrected chi connectivity index (χ1v) is 23.0. The second kappa shape index (κ2) is 16.9. The van der Waals surface area contributed by atoms with Crippen LogP contribution in [0.4, 0.5) is 4.79 Å².